The summed E-state index contributed by atoms with van der Waals surface area (Å²) in [6, 6.07) is 19.7. The minimum atomic E-state index is -1.17. The molecule has 2 aromatic carbocycles. The van der Waals surface area contributed by atoms with E-state index < -0.39 is 5.54 Å². The molecule has 1 amide bonds. The molecular formula is C22H22N2O. The number of allylic oxidation sites excluding steroid dienone is 1. The van der Waals surface area contributed by atoms with E-state index in [0.29, 0.717) is 6.42 Å². The molecule has 2 aromatic rings. The van der Waals surface area contributed by atoms with Crippen molar-refractivity contribution in [1.29, 1.82) is 0 Å². The summed E-state index contributed by atoms with van der Waals surface area (Å²) < 4.78 is 0. The van der Waals surface area contributed by atoms with Crippen LogP contribution in [0.4, 0.5) is 0 Å². The number of carbonyl (C=O) groups is 1. The summed E-state index contributed by atoms with van der Waals surface area (Å²) in [7, 11) is 0. The van der Waals surface area contributed by atoms with E-state index in [-0.39, 0.29) is 17.7 Å². The summed E-state index contributed by atoms with van der Waals surface area (Å²) in [5.41, 5.74) is 1.73. The van der Waals surface area contributed by atoms with Crippen LogP contribution in [0.25, 0.3) is 4.85 Å². The van der Waals surface area contributed by atoms with Crippen LogP contribution in [-0.4, -0.2) is 11.4 Å². The van der Waals surface area contributed by atoms with E-state index in [0.717, 1.165) is 16.8 Å². The van der Waals surface area contributed by atoms with Gasteiger partial charge in [-0.3, -0.25) is 9.64 Å². The molecular weight excluding hydrogens is 308 g/mol. The van der Waals surface area contributed by atoms with Crippen LogP contribution < -0.4 is 5.32 Å². The first-order valence-electron chi connectivity index (χ1n) is 8.57. The van der Waals surface area contributed by atoms with Crippen LogP contribution in [0.1, 0.15) is 30.9 Å². The molecule has 0 aliphatic carbocycles. The molecule has 1 N–H and O–H groups in total. The van der Waals surface area contributed by atoms with E-state index in [2.05, 4.69) is 30.1 Å². The third-order valence-electron chi connectivity index (χ3n) is 4.81. The van der Waals surface area contributed by atoms with E-state index in [9.17, 15) is 4.79 Å². The molecule has 1 aliphatic heterocycles. The van der Waals surface area contributed by atoms with Crippen LogP contribution in [-0.2, 0) is 11.2 Å². The van der Waals surface area contributed by atoms with Crippen molar-refractivity contribution in [3.63, 3.8) is 0 Å². The van der Waals surface area contributed by atoms with Gasteiger partial charge in [-0.2, -0.15) is 0 Å². The Bertz CT molecular complexity index is 818. The second-order valence-electron chi connectivity index (χ2n) is 6.82. The number of rotatable bonds is 4. The second kappa shape index (κ2) is 6.94. The summed E-state index contributed by atoms with van der Waals surface area (Å²) in [5.74, 6) is -0.264. The third kappa shape index (κ3) is 3.21. The predicted octanol–water partition coefficient (Wildman–Crippen LogP) is 4.34. The molecule has 0 saturated heterocycles. The Morgan fingerprint density at radius 3 is 2.24 bits per heavy atom. The molecule has 0 fully saturated rings. The molecule has 0 unspecified atom stereocenters. The summed E-state index contributed by atoms with van der Waals surface area (Å²) in [6.07, 6.45) is 2.47. The van der Waals surface area contributed by atoms with Crippen molar-refractivity contribution in [2.45, 2.75) is 31.7 Å². The lowest BCUT2D eigenvalue weighted by Crippen LogP contribution is -2.53. The fourth-order valence-electron chi connectivity index (χ4n) is 3.37. The standard InChI is InChI=1S/C22H22N2O/c1-16(2)20-14-19(18-12-8-5-9-13-18)22(23-3,21(25)24-20)15-17-10-6-4-7-11-17/h4-14,16,19H,15H2,1-2H3,(H,24,25)/t19-,22+/m0/s1. The van der Waals surface area contributed by atoms with Crippen molar-refractivity contribution >= 4 is 5.91 Å². The van der Waals surface area contributed by atoms with Gasteiger partial charge in [-0.15, -0.1) is 0 Å². The molecule has 1 aliphatic rings. The van der Waals surface area contributed by atoms with Crippen molar-refractivity contribution < 1.29 is 4.79 Å². The molecule has 0 aromatic heterocycles. The van der Waals surface area contributed by atoms with Gasteiger partial charge in [0.05, 0.1) is 12.3 Å². The van der Waals surface area contributed by atoms with Crippen LogP contribution in [0.5, 0.6) is 0 Å². The molecule has 1 heterocycles. The molecule has 3 rings (SSSR count). The summed E-state index contributed by atoms with van der Waals surface area (Å²) >= 11 is 0. The molecule has 25 heavy (non-hydrogen) atoms. The van der Waals surface area contributed by atoms with Gasteiger partial charge in [0, 0.05) is 5.70 Å². The lowest BCUT2D eigenvalue weighted by Gasteiger charge is -2.34. The van der Waals surface area contributed by atoms with Gasteiger partial charge >= 0.3 is 11.4 Å². The molecule has 0 radical (unpaired) electrons. The van der Waals surface area contributed by atoms with E-state index >= 15 is 0 Å². The maximum atomic E-state index is 13.1. The van der Waals surface area contributed by atoms with Gasteiger partial charge in [0.15, 0.2) is 0 Å². The zero-order chi connectivity index (χ0) is 17.9. The minimum absolute atomic E-state index is 0.202. The van der Waals surface area contributed by atoms with Gasteiger partial charge in [0.25, 0.3) is 0 Å². The first kappa shape index (κ1) is 17.0. The second-order valence-corrected chi connectivity index (χ2v) is 6.82. The monoisotopic (exact) mass is 330 g/mol. The maximum absolute atomic E-state index is 13.1. The highest BCUT2D eigenvalue weighted by Crippen LogP contribution is 2.40. The zero-order valence-electron chi connectivity index (χ0n) is 14.6. The molecule has 3 nitrogen and oxygen atoms in total. The molecule has 3 heteroatoms. The van der Waals surface area contributed by atoms with Crippen molar-refractivity contribution in [3.05, 3.63) is 95.0 Å². The van der Waals surface area contributed by atoms with Gasteiger partial charge in [0.2, 0.25) is 0 Å². The highest BCUT2D eigenvalue weighted by atomic mass is 16.2. The smallest absolute Gasteiger partial charge is 0.323 e. The Hall–Kier alpha value is -2.86. The predicted molar refractivity (Wildman–Crippen MR) is 99.7 cm³/mol. The maximum Gasteiger partial charge on any atom is 0.323 e. The number of amides is 1. The minimum Gasteiger partial charge on any atom is -0.323 e. The quantitative estimate of drug-likeness (QED) is 0.831. The van der Waals surface area contributed by atoms with E-state index in [1.165, 1.54) is 0 Å². The number of carbonyl (C=O) groups excluding carboxylic acids is 1. The highest BCUT2D eigenvalue weighted by molar-refractivity contribution is 5.93. The van der Waals surface area contributed by atoms with E-state index in [1.54, 1.807) is 0 Å². The van der Waals surface area contributed by atoms with Gasteiger partial charge < -0.3 is 5.32 Å². The van der Waals surface area contributed by atoms with Crippen molar-refractivity contribution in [3.8, 4) is 0 Å². The van der Waals surface area contributed by atoms with Gasteiger partial charge in [0.1, 0.15) is 0 Å². The highest BCUT2D eigenvalue weighted by Gasteiger charge is 2.55. The number of hydrogen-bond donors (Lipinski definition) is 1. The Balaban J connectivity index is 2.13. The van der Waals surface area contributed by atoms with Gasteiger partial charge in [-0.05, 0) is 23.1 Å². The average molecular weight is 330 g/mol. The third-order valence-corrected chi connectivity index (χ3v) is 4.81. The fourth-order valence-corrected chi connectivity index (χ4v) is 3.37. The summed E-state index contributed by atoms with van der Waals surface area (Å²) in [4.78, 5) is 17.0. The van der Waals surface area contributed by atoms with Crippen LogP contribution in [0, 0.1) is 12.5 Å². The fraction of sp³-hybridized carbons (Fsp3) is 0.273. The molecule has 126 valence electrons. The van der Waals surface area contributed by atoms with Crippen molar-refractivity contribution in [1.82, 2.24) is 5.32 Å². The SMILES string of the molecule is [C-]#[N+][C@@]1(Cc2ccccc2)C(=O)NC(C(C)C)=C[C@H]1c1ccccc1. The van der Waals surface area contributed by atoms with Crippen LogP contribution in [0.2, 0.25) is 0 Å². The molecule has 0 saturated carbocycles. The Kier molecular flexibility index (Phi) is 4.72. The van der Waals surface area contributed by atoms with Gasteiger partial charge in [-0.25, -0.2) is 6.57 Å². The van der Waals surface area contributed by atoms with Crippen LogP contribution in [0.3, 0.4) is 0 Å². The van der Waals surface area contributed by atoms with E-state index in [4.69, 9.17) is 6.57 Å². The largest absolute Gasteiger partial charge is 0.323 e. The Labute approximate surface area is 149 Å². The first-order valence-corrected chi connectivity index (χ1v) is 8.57. The lowest BCUT2D eigenvalue weighted by molar-refractivity contribution is -0.125. The number of hydrogen-bond acceptors (Lipinski definition) is 1. The van der Waals surface area contributed by atoms with Gasteiger partial charge in [-0.1, -0.05) is 74.5 Å². The topological polar surface area (TPSA) is 33.5 Å². The average Bonchev–Trinajstić information content (AvgIpc) is 2.64. The van der Waals surface area contributed by atoms with E-state index in [1.807, 2.05) is 60.7 Å². The number of nitrogens with one attached hydrogen (secondary N) is 1. The normalized spacial score (nSPS) is 22.9. The molecule has 2 atom stereocenters. The zero-order valence-corrected chi connectivity index (χ0v) is 14.6. The number of nitrogens with zero attached hydrogens (tertiary/aromatic N) is 1. The van der Waals surface area contributed by atoms with Crippen LogP contribution in [0.15, 0.2) is 72.4 Å². The molecule has 0 bridgehead atoms. The lowest BCUT2D eigenvalue weighted by atomic mass is 9.72. The Morgan fingerprint density at radius 2 is 1.68 bits per heavy atom. The van der Waals surface area contributed by atoms with Crippen molar-refractivity contribution in [2.75, 3.05) is 0 Å². The summed E-state index contributed by atoms with van der Waals surface area (Å²) in [6.45, 7) is 12.0. The molecule has 0 spiro atoms. The van der Waals surface area contributed by atoms with Crippen LogP contribution >= 0.6 is 0 Å². The van der Waals surface area contributed by atoms with Crippen molar-refractivity contribution in [2.24, 2.45) is 5.92 Å². The first-order chi connectivity index (χ1) is 12.1. The number of benzene rings is 2. The summed E-state index contributed by atoms with van der Waals surface area (Å²) in [5, 5.41) is 2.99. The Morgan fingerprint density at radius 1 is 1.08 bits per heavy atom.